The van der Waals surface area contributed by atoms with Crippen molar-refractivity contribution in [3.05, 3.63) is 179 Å². The van der Waals surface area contributed by atoms with Gasteiger partial charge in [0.2, 0.25) is 0 Å². The van der Waals surface area contributed by atoms with E-state index in [9.17, 15) is 39.0 Å². The van der Waals surface area contributed by atoms with Gasteiger partial charge in [-0.05, 0) is 86.0 Å². The number of esters is 1. The van der Waals surface area contributed by atoms with Crippen molar-refractivity contribution < 1.29 is 57.9 Å². The van der Waals surface area contributed by atoms with Crippen molar-refractivity contribution in [2.45, 2.75) is 114 Å². The van der Waals surface area contributed by atoms with Crippen molar-refractivity contribution in [2.75, 3.05) is 33.6 Å². The number of cyclic esters (lactones) is 1. The van der Waals surface area contributed by atoms with Crippen LogP contribution in [-0.2, 0) is 33.3 Å². The minimum absolute atomic E-state index is 0.00895. The predicted molar refractivity (Wildman–Crippen MR) is 304 cm³/mol. The summed E-state index contributed by atoms with van der Waals surface area (Å²) in [6.07, 6.45) is 4.73. The molecule has 3 aliphatic carbocycles. The van der Waals surface area contributed by atoms with Crippen molar-refractivity contribution in [3.63, 3.8) is 0 Å². The van der Waals surface area contributed by atoms with Gasteiger partial charge in [-0.1, -0.05) is 205 Å². The van der Waals surface area contributed by atoms with E-state index in [2.05, 4.69) is 72.9 Å². The molecule has 15 nitrogen and oxygen atoms in total. The standard InChI is InChI=1S/C22H23NO4.C22H25NO4.C21H23NO4/c1-2-3-12-20-21(24)27-14-23(20)22(25)26-13-19-17-10-6-4-8-15(17)16-9-5-7-11-18(16)19;1-3-4-13-20(21(24)25)23(2)22(26)27-14-19-17-11-7-5-9-15(17)16-10-6-8-12-18(16)19;1-2-3-12-19(20(23)24)22-21(25)26-13-18-16-10-6-4-8-14(16)15-9-5-7-11-17(15)18/h4-11,19-20H,2-3,12-14H2,1H3;5-12,19-20H,3-4,13-14H2,1-2H3,(H,24,25);4-11,18-19H,2-3,12-13H2,1H3,(H,22,25)(H,23,24)/t2*20-;19-/m000/s1/i14+1;2+1;. The third-order valence-corrected chi connectivity index (χ3v) is 15.4. The molecule has 0 spiro atoms. The minimum Gasteiger partial charge on any atom is -0.480 e. The van der Waals surface area contributed by atoms with E-state index in [4.69, 9.17) is 18.9 Å². The van der Waals surface area contributed by atoms with Gasteiger partial charge in [0.05, 0.1) is 0 Å². The SMILES string of the molecule is CCCC[C@@H](C(=O)O)N([13CH3])C(=O)OCC1c2ccccc2-c2ccccc21.CCCC[C@H](NC(=O)OCC1c2ccccc2-c2ccccc21)C(=O)O.CCCC[C@H]1C(=O)O[13CH2]N1C(=O)OCC1c2ccccc2-c2ccccc21. The summed E-state index contributed by atoms with van der Waals surface area (Å²) in [7, 11) is 1.49. The van der Waals surface area contributed by atoms with Crippen LogP contribution >= 0.6 is 0 Å². The number of alkyl carbamates (subject to hydrolysis) is 1. The molecule has 1 aliphatic heterocycles. The molecule has 1 saturated heterocycles. The number of hydrogen-bond donors (Lipinski definition) is 3. The van der Waals surface area contributed by atoms with Gasteiger partial charge < -0.3 is 34.5 Å². The first-order chi connectivity index (χ1) is 38.9. The zero-order valence-electron chi connectivity index (χ0n) is 45.9. The van der Waals surface area contributed by atoms with E-state index in [1.165, 1.54) is 39.1 Å². The smallest absolute Gasteiger partial charge is 0.413 e. The van der Waals surface area contributed by atoms with Crippen LogP contribution in [0.4, 0.5) is 14.4 Å². The maximum Gasteiger partial charge on any atom is 0.413 e. The molecule has 80 heavy (non-hydrogen) atoms. The lowest BCUT2D eigenvalue weighted by Crippen LogP contribution is -2.43. The second-order valence-corrected chi connectivity index (χ2v) is 20.4. The van der Waals surface area contributed by atoms with Gasteiger partial charge in [-0.2, -0.15) is 0 Å². The molecule has 6 aromatic rings. The molecule has 1 fully saturated rings. The lowest BCUT2D eigenvalue weighted by Gasteiger charge is -2.25. The van der Waals surface area contributed by atoms with E-state index < -0.39 is 48.3 Å². The number of aliphatic carboxylic acids is 2. The normalized spacial score (nSPS) is 15.1. The number of carboxylic acid groups (broad SMARTS) is 2. The summed E-state index contributed by atoms with van der Waals surface area (Å²) in [6, 6.07) is 46.5. The molecule has 3 N–H and O–H groups in total. The molecule has 0 unspecified atom stereocenters. The number of rotatable bonds is 19. The summed E-state index contributed by atoms with van der Waals surface area (Å²) in [4.78, 5) is 74.5. The van der Waals surface area contributed by atoms with E-state index in [-0.39, 0.29) is 50.3 Å². The Kier molecular flexibility index (Phi) is 19.8. The second-order valence-electron chi connectivity index (χ2n) is 20.4. The number of nitrogens with one attached hydrogen (secondary N) is 1. The zero-order chi connectivity index (χ0) is 56.7. The van der Waals surface area contributed by atoms with Crippen LogP contribution in [0.25, 0.3) is 33.4 Å². The fraction of sp³-hybridized carbons (Fsp3) is 0.354. The largest absolute Gasteiger partial charge is 0.480 e. The lowest BCUT2D eigenvalue weighted by molar-refractivity contribution is -0.142. The molecule has 1 heterocycles. The van der Waals surface area contributed by atoms with Crippen LogP contribution in [0.2, 0.25) is 0 Å². The molecule has 0 bridgehead atoms. The average Bonchev–Trinajstić information content (AvgIpc) is 4.28. The van der Waals surface area contributed by atoms with Gasteiger partial charge in [-0.3, -0.25) is 9.80 Å². The molecule has 0 saturated carbocycles. The Balaban J connectivity index is 0.000000158. The summed E-state index contributed by atoms with van der Waals surface area (Å²) < 4.78 is 21.6. The Morgan fingerprint density at radius 1 is 0.550 bits per heavy atom. The van der Waals surface area contributed by atoms with Gasteiger partial charge in [-0.15, -0.1) is 0 Å². The highest BCUT2D eigenvalue weighted by atomic mass is 16.6. The van der Waals surface area contributed by atoms with Gasteiger partial charge in [0.15, 0.2) is 6.73 Å². The molecule has 6 aromatic carbocycles. The van der Waals surface area contributed by atoms with Gasteiger partial charge in [0, 0.05) is 24.8 Å². The van der Waals surface area contributed by atoms with Gasteiger partial charge in [-0.25, -0.2) is 28.8 Å². The van der Waals surface area contributed by atoms with Crippen LogP contribution in [0, 0.1) is 0 Å². The Bertz CT molecular complexity index is 3020. The molecule has 0 aromatic heterocycles. The van der Waals surface area contributed by atoms with E-state index in [1.807, 2.05) is 98.8 Å². The van der Waals surface area contributed by atoms with E-state index in [1.54, 1.807) is 0 Å². The quantitative estimate of drug-likeness (QED) is 0.0395. The Morgan fingerprint density at radius 3 is 1.31 bits per heavy atom. The maximum atomic E-state index is 12.6. The third-order valence-electron chi connectivity index (χ3n) is 15.4. The molecule has 15 heteroatoms. The summed E-state index contributed by atoms with van der Waals surface area (Å²) in [5.74, 6) is -2.43. The van der Waals surface area contributed by atoms with Crippen LogP contribution in [0.3, 0.4) is 0 Å². The highest BCUT2D eigenvalue weighted by Gasteiger charge is 2.39. The van der Waals surface area contributed by atoms with Crippen molar-refractivity contribution >= 4 is 36.2 Å². The number of ether oxygens (including phenoxy) is 4. The van der Waals surface area contributed by atoms with Crippen LogP contribution < -0.4 is 5.32 Å². The van der Waals surface area contributed by atoms with E-state index >= 15 is 0 Å². The average molecular weight is 1090 g/mol. The van der Waals surface area contributed by atoms with Crippen molar-refractivity contribution in [2.24, 2.45) is 0 Å². The number of likely N-dealkylation sites (N-methyl/N-ethyl adjacent to an activating group) is 1. The molecule has 0 radical (unpaired) electrons. The molecule has 10 rings (SSSR count). The van der Waals surface area contributed by atoms with E-state index in [0.717, 1.165) is 83.0 Å². The Labute approximate surface area is 467 Å². The molecular weight excluding hydrogens is 1020 g/mol. The van der Waals surface area contributed by atoms with Gasteiger partial charge in [0.25, 0.3) is 0 Å². The number of nitrogens with zero attached hydrogens (tertiary/aromatic N) is 2. The monoisotopic (exact) mass is 1090 g/mol. The van der Waals surface area contributed by atoms with E-state index in [0.29, 0.717) is 19.3 Å². The highest BCUT2D eigenvalue weighted by Crippen LogP contribution is 2.47. The van der Waals surface area contributed by atoms with Gasteiger partial charge >= 0.3 is 36.2 Å². The number of carboxylic acids is 2. The third kappa shape index (κ3) is 13.2. The molecule has 4 aliphatic rings. The number of fused-ring (bicyclic) bond motifs is 9. The molecule has 3 amide bonds. The van der Waals surface area contributed by atoms with Crippen LogP contribution in [-0.4, -0.2) is 108 Å². The molecule has 418 valence electrons. The number of unbranched alkanes of at least 4 members (excludes halogenated alkanes) is 3. The van der Waals surface area contributed by atoms with Crippen LogP contribution in [0.5, 0.6) is 0 Å². The summed E-state index contributed by atoms with van der Waals surface area (Å²) in [6.45, 7) is 6.62. The summed E-state index contributed by atoms with van der Waals surface area (Å²) >= 11 is 0. The lowest BCUT2D eigenvalue weighted by atomic mass is 9.98. The molecule has 3 atom stereocenters. The van der Waals surface area contributed by atoms with Gasteiger partial charge in [0.1, 0.15) is 37.9 Å². The first-order valence-corrected chi connectivity index (χ1v) is 27.8. The van der Waals surface area contributed by atoms with Crippen LogP contribution in [0.1, 0.15) is 130 Å². The predicted octanol–water partition coefficient (Wildman–Crippen LogP) is 13.0. The fourth-order valence-electron chi connectivity index (χ4n) is 11.1. The number of carbonyl (C=O) groups is 6. The highest BCUT2D eigenvalue weighted by molar-refractivity contribution is 5.85. The summed E-state index contributed by atoms with van der Waals surface area (Å²) in [5, 5.41) is 21.1. The number of carbonyl (C=O) groups excluding carboxylic acids is 4. The van der Waals surface area contributed by atoms with Crippen molar-refractivity contribution in [1.82, 2.24) is 15.1 Å². The van der Waals surface area contributed by atoms with Crippen molar-refractivity contribution in [3.8, 4) is 33.4 Å². The summed E-state index contributed by atoms with van der Waals surface area (Å²) in [5.41, 5.74) is 13.9. The number of amides is 3. The fourth-order valence-corrected chi connectivity index (χ4v) is 11.1. The second kappa shape index (κ2) is 27.4. The van der Waals surface area contributed by atoms with Crippen molar-refractivity contribution in [1.29, 1.82) is 0 Å². The first-order valence-electron chi connectivity index (χ1n) is 27.8. The first kappa shape index (κ1) is 57.7. The Hall–Kier alpha value is -8.46. The maximum absolute atomic E-state index is 12.6. The number of benzene rings is 6. The molecular formula is C65H71N3O12. The van der Waals surface area contributed by atoms with Crippen LogP contribution in [0.15, 0.2) is 146 Å². The topological polar surface area (TPSA) is 198 Å². The Morgan fingerprint density at radius 2 is 0.925 bits per heavy atom. The minimum atomic E-state index is -1.04. The zero-order valence-corrected chi connectivity index (χ0v) is 45.9. The number of hydrogen-bond acceptors (Lipinski definition) is 10.